The summed E-state index contributed by atoms with van der Waals surface area (Å²) in [5.74, 6) is -1.20. The zero-order valence-corrected chi connectivity index (χ0v) is 15.3. The molecule has 1 saturated heterocycles. The fourth-order valence-electron chi connectivity index (χ4n) is 2.82. The molecule has 0 aromatic heterocycles. The second kappa shape index (κ2) is 7.37. The lowest BCUT2D eigenvalue weighted by atomic mass is 10.2. The van der Waals surface area contributed by atoms with Crippen molar-refractivity contribution in [3.8, 4) is 0 Å². The summed E-state index contributed by atoms with van der Waals surface area (Å²) < 4.78 is 32.0. The van der Waals surface area contributed by atoms with Gasteiger partial charge in [-0.05, 0) is 31.7 Å². The Labute approximate surface area is 146 Å². The quantitative estimate of drug-likeness (QED) is 0.807. The number of sulfonamides is 1. The van der Waals surface area contributed by atoms with E-state index in [0.29, 0.717) is 6.54 Å². The van der Waals surface area contributed by atoms with Crippen LogP contribution in [0.15, 0.2) is 23.1 Å². The number of methoxy groups -OCH3 is 1. The number of rotatable bonds is 6. The lowest BCUT2D eigenvalue weighted by Crippen LogP contribution is -2.39. The van der Waals surface area contributed by atoms with Crippen molar-refractivity contribution in [1.29, 1.82) is 0 Å². The molecule has 1 fully saturated rings. The van der Waals surface area contributed by atoms with E-state index in [-0.39, 0.29) is 27.6 Å². The number of aromatic carboxylic acids is 1. The maximum atomic E-state index is 12.7. The molecule has 0 radical (unpaired) electrons. The predicted molar refractivity (Wildman–Crippen MR) is 90.1 cm³/mol. The highest BCUT2D eigenvalue weighted by atomic mass is 35.5. The first-order chi connectivity index (χ1) is 11.2. The number of carboxylic acids is 1. The van der Waals surface area contributed by atoms with Crippen LogP contribution in [0.2, 0.25) is 5.02 Å². The normalized spacial score (nSPS) is 22.2. The van der Waals surface area contributed by atoms with Crippen molar-refractivity contribution < 1.29 is 23.1 Å². The summed E-state index contributed by atoms with van der Waals surface area (Å²) in [5, 5.41) is 8.87. The smallest absolute Gasteiger partial charge is 0.337 e. The van der Waals surface area contributed by atoms with Gasteiger partial charge in [-0.25, -0.2) is 13.2 Å². The van der Waals surface area contributed by atoms with E-state index >= 15 is 0 Å². The lowest BCUT2D eigenvalue weighted by Gasteiger charge is -2.25. The van der Waals surface area contributed by atoms with Crippen LogP contribution in [0.25, 0.3) is 0 Å². The third kappa shape index (κ3) is 3.89. The van der Waals surface area contributed by atoms with Gasteiger partial charge in [-0.3, -0.25) is 4.90 Å². The molecule has 0 aliphatic carbocycles. The standard InChI is InChI=1S/C15H21ClN2O5S/c1-17-9-11(23-3)6-10(17)8-18(2)24(21,22)12-4-5-13(15(19)20)14(16)7-12/h4-5,7,10-11H,6,8-9H2,1-3H3,(H,19,20)/t10-,11-/m0/s1. The highest BCUT2D eigenvalue weighted by Gasteiger charge is 2.33. The highest BCUT2D eigenvalue weighted by Crippen LogP contribution is 2.25. The SMILES string of the molecule is CO[C@H]1C[C@@H](CN(C)S(=O)(=O)c2ccc(C(=O)O)c(Cl)c2)N(C)C1. The Balaban J connectivity index is 2.18. The van der Waals surface area contributed by atoms with Gasteiger partial charge in [0.2, 0.25) is 10.0 Å². The van der Waals surface area contributed by atoms with Crippen LogP contribution in [-0.2, 0) is 14.8 Å². The minimum atomic E-state index is -3.75. The van der Waals surface area contributed by atoms with Crippen LogP contribution in [0.5, 0.6) is 0 Å². The molecule has 1 aliphatic heterocycles. The average Bonchev–Trinajstić information content (AvgIpc) is 2.87. The van der Waals surface area contributed by atoms with Crippen molar-refractivity contribution in [2.75, 3.05) is 34.3 Å². The number of carbonyl (C=O) groups is 1. The molecule has 7 nitrogen and oxygen atoms in total. The molecule has 0 bridgehead atoms. The minimum absolute atomic E-state index is 0.0241. The second-order valence-corrected chi connectivity index (χ2v) is 8.37. The molecule has 9 heteroatoms. The Morgan fingerprint density at radius 1 is 1.50 bits per heavy atom. The van der Waals surface area contributed by atoms with E-state index in [9.17, 15) is 13.2 Å². The van der Waals surface area contributed by atoms with Crippen molar-refractivity contribution >= 4 is 27.6 Å². The van der Waals surface area contributed by atoms with Crippen LogP contribution in [0, 0.1) is 0 Å². The Kier molecular flexibility index (Phi) is 5.87. The van der Waals surface area contributed by atoms with Crippen LogP contribution >= 0.6 is 11.6 Å². The number of likely N-dealkylation sites (tertiary alicyclic amines) is 1. The fraction of sp³-hybridized carbons (Fsp3) is 0.533. The molecule has 0 spiro atoms. The van der Waals surface area contributed by atoms with E-state index in [2.05, 4.69) is 4.90 Å². The molecule has 2 rings (SSSR count). The summed E-state index contributed by atoms with van der Waals surface area (Å²) >= 11 is 5.88. The molecule has 1 aromatic rings. The summed E-state index contributed by atoms with van der Waals surface area (Å²) in [6.07, 6.45) is 0.853. The maximum absolute atomic E-state index is 12.7. The number of hydrogen-bond acceptors (Lipinski definition) is 5. The zero-order chi connectivity index (χ0) is 18.1. The molecule has 1 aliphatic rings. The van der Waals surface area contributed by atoms with Gasteiger partial charge in [-0.15, -0.1) is 0 Å². The molecular weight excluding hydrogens is 356 g/mol. The van der Waals surface area contributed by atoms with Crippen LogP contribution in [-0.4, -0.2) is 75.1 Å². The maximum Gasteiger partial charge on any atom is 0.337 e. The van der Waals surface area contributed by atoms with E-state index in [4.69, 9.17) is 21.4 Å². The monoisotopic (exact) mass is 376 g/mol. The molecular formula is C15H21ClN2O5S. The zero-order valence-electron chi connectivity index (χ0n) is 13.8. The predicted octanol–water partition coefficient (Wildman–Crippen LogP) is 1.38. The van der Waals surface area contributed by atoms with Crippen LogP contribution in [0.4, 0.5) is 0 Å². The summed E-state index contributed by atoms with van der Waals surface area (Å²) in [6.45, 7) is 1.07. The molecule has 0 amide bonds. The third-order valence-corrected chi connectivity index (χ3v) is 6.46. The molecule has 1 aromatic carbocycles. The molecule has 24 heavy (non-hydrogen) atoms. The Morgan fingerprint density at radius 2 is 2.17 bits per heavy atom. The van der Waals surface area contributed by atoms with Crippen molar-refractivity contribution in [3.63, 3.8) is 0 Å². The number of halogens is 1. The van der Waals surface area contributed by atoms with Crippen molar-refractivity contribution in [3.05, 3.63) is 28.8 Å². The Morgan fingerprint density at radius 3 is 2.67 bits per heavy atom. The molecule has 1 N–H and O–H groups in total. The van der Waals surface area contributed by atoms with Gasteiger partial charge in [-0.2, -0.15) is 4.31 Å². The van der Waals surface area contributed by atoms with Gasteiger partial charge in [0.15, 0.2) is 0 Å². The largest absolute Gasteiger partial charge is 0.478 e. The van der Waals surface area contributed by atoms with Gasteiger partial charge in [0.05, 0.1) is 21.6 Å². The number of carboxylic acid groups (broad SMARTS) is 1. The van der Waals surface area contributed by atoms with E-state index in [1.807, 2.05) is 7.05 Å². The van der Waals surface area contributed by atoms with Gasteiger partial charge in [0.25, 0.3) is 0 Å². The average molecular weight is 377 g/mol. The van der Waals surface area contributed by atoms with Crippen molar-refractivity contribution in [1.82, 2.24) is 9.21 Å². The fourth-order valence-corrected chi connectivity index (χ4v) is 4.38. The van der Waals surface area contributed by atoms with Gasteiger partial charge in [0, 0.05) is 33.3 Å². The first kappa shape index (κ1) is 19.1. The van der Waals surface area contributed by atoms with E-state index < -0.39 is 16.0 Å². The summed E-state index contributed by atoms with van der Waals surface area (Å²) in [7, 11) is 1.33. The van der Waals surface area contributed by atoms with E-state index in [0.717, 1.165) is 13.0 Å². The summed E-state index contributed by atoms with van der Waals surface area (Å²) in [5.41, 5.74) is -0.128. The Bertz CT molecular complexity index is 725. The first-order valence-electron chi connectivity index (χ1n) is 7.39. The van der Waals surface area contributed by atoms with Crippen molar-refractivity contribution in [2.24, 2.45) is 0 Å². The summed E-state index contributed by atoms with van der Waals surface area (Å²) in [6, 6.07) is 3.70. The van der Waals surface area contributed by atoms with Gasteiger partial charge in [0.1, 0.15) is 0 Å². The number of likely N-dealkylation sites (N-methyl/N-ethyl adjacent to an activating group) is 2. The van der Waals surface area contributed by atoms with Gasteiger partial charge < -0.3 is 9.84 Å². The molecule has 134 valence electrons. The number of ether oxygens (including phenoxy) is 1. The van der Waals surface area contributed by atoms with Crippen LogP contribution in [0.1, 0.15) is 16.8 Å². The van der Waals surface area contributed by atoms with Crippen molar-refractivity contribution in [2.45, 2.75) is 23.5 Å². The molecule has 0 unspecified atom stereocenters. The van der Waals surface area contributed by atoms with Gasteiger partial charge >= 0.3 is 5.97 Å². The lowest BCUT2D eigenvalue weighted by molar-refractivity contribution is 0.0697. The van der Waals surface area contributed by atoms with Gasteiger partial charge in [-0.1, -0.05) is 11.6 Å². The minimum Gasteiger partial charge on any atom is -0.478 e. The summed E-state index contributed by atoms with van der Waals surface area (Å²) in [4.78, 5) is 13.0. The number of nitrogens with zero attached hydrogens (tertiary/aromatic N) is 2. The van der Waals surface area contributed by atoms with Crippen LogP contribution < -0.4 is 0 Å². The Hall–Kier alpha value is -1.19. The van der Waals surface area contributed by atoms with E-state index in [1.165, 1.54) is 29.6 Å². The number of benzene rings is 1. The second-order valence-electron chi connectivity index (χ2n) is 5.92. The van der Waals surface area contributed by atoms with Crippen LogP contribution in [0.3, 0.4) is 0 Å². The first-order valence-corrected chi connectivity index (χ1v) is 9.20. The third-order valence-electron chi connectivity index (χ3n) is 4.33. The molecule has 0 saturated carbocycles. The topological polar surface area (TPSA) is 87.1 Å². The molecule has 2 atom stereocenters. The number of hydrogen-bond donors (Lipinski definition) is 1. The molecule has 1 heterocycles. The van der Waals surface area contributed by atoms with E-state index in [1.54, 1.807) is 7.11 Å². The highest BCUT2D eigenvalue weighted by molar-refractivity contribution is 7.89.